The minimum absolute atomic E-state index is 0.225. The molecule has 0 bridgehead atoms. The molecule has 4 rings (SSSR count). The van der Waals surface area contributed by atoms with Crippen molar-refractivity contribution in [3.05, 3.63) is 88.2 Å². The zero-order valence-corrected chi connectivity index (χ0v) is 17.4. The molecule has 3 heterocycles. The predicted octanol–water partition coefficient (Wildman–Crippen LogP) is 2.42. The molecule has 2 N–H and O–H groups in total. The van der Waals surface area contributed by atoms with E-state index in [4.69, 9.17) is 5.26 Å². The Bertz CT molecular complexity index is 1330. The van der Waals surface area contributed by atoms with Crippen LogP contribution in [-0.4, -0.2) is 37.0 Å². The van der Waals surface area contributed by atoms with Crippen molar-refractivity contribution >= 4 is 5.91 Å². The van der Waals surface area contributed by atoms with Gasteiger partial charge < -0.3 is 5.32 Å². The van der Waals surface area contributed by atoms with Gasteiger partial charge in [-0.2, -0.15) is 10.4 Å². The normalized spacial score (nSPS) is 10.6. The van der Waals surface area contributed by atoms with Crippen molar-refractivity contribution in [2.24, 2.45) is 0 Å². The van der Waals surface area contributed by atoms with Gasteiger partial charge in [-0.1, -0.05) is 6.07 Å². The largest absolute Gasteiger partial charge is 0.352 e. The smallest absolute Gasteiger partial charge is 0.280 e. The maximum Gasteiger partial charge on any atom is 0.280 e. The Morgan fingerprint density at radius 1 is 1.25 bits per heavy atom. The van der Waals surface area contributed by atoms with E-state index in [-0.39, 0.29) is 11.5 Å². The summed E-state index contributed by atoms with van der Waals surface area (Å²) in [5.41, 5.74) is 2.75. The van der Waals surface area contributed by atoms with Gasteiger partial charge in [-0.25, -0.2) is 9.67 Å². The minimum Gasteiger partial charge on any atom is -0.352 e. The predicted molar refractivity (Wildman–Crippen MR) is 118 cm³/mol. The molecule has 1 amide bonds. The lowest BCUT2D eigenvalue weighted by molar-refractivity contribution is 0.0952. The summed E-state index contributed by atoms with van der Waals surface area (Å²) in [4.78, 5) is 29.5. The van der Waals surface area contributed by atoms with Crippen molar-refractivity contribution in [1.82, 2.24) is 29.9 Å². The van der Waals surface area contributed by atoms with Crippen LogP contribution in [0.15, 0.2) is 66.0 Å². The molecular formula is C23H21N7O2. The molecule has 0 spiro atoms. The number of aryl methyl sites for hydroxylation is 2. The fraction of sp³-hybridized carbons (Fsp3) is 0.174. The standard InChI is InChI=1S/C23H21N7O2/c1-16-12-17(13-24)4-6-19(16)20-15-28-30(23(20)32)21-7-5-18(14-26-21)22(31)25-8-2-10-29-11-3-9-27-29/h3-7,9,11-12,14-15,28H,2,8,10H2,1H3,(H,25,31). The molecule has 0 aliphatic rings. The van der Waals surface area contributed by atoms with Crippen molar-refractivity contribution in [3.8, 4) is 23.0 Å². The van der Waals surface area contributed by atoms with Crippen LogP contribution >= 0.6 is 0 Å². The van der Waals surface area contributed by atoms with E-state index in [1.54, 1.807) is 42.7 Å². The molecule has 1 aromatic carbocycles. The Hall–Kier alpha value is -4.45. The third-order valence-electron chi connectivity index (χ3n) is 5.07. The number of carbonyl (C=O) groups is 1. The zero-order chi connectivity index (χ0) is 22.5. The van der Waals surface area contributed by atoms with Crippen LogP contribution in [0.2, 0.25) is 0 Å². The fourth-order valence-corrected chi connectivity index (χ4v) is 3.40. The van der Waals surface area contributed by atoms with Crippen molar-refractivity contribution in [2.45, 2.75) is 19.9 Å². The minimum atomic E-state index is -0.263. The number of carbonyl (C=O) groups excluding carboxylic acids is 1. The second-order valence-corrected chi connectivity index (χ2v) is 7.25. The van der Waals surface area contributed by atoms with E-state index in [1.807, 2.05) is 23.9 Å². The third kappa shape index (κ3) is 4.34. The van der Waals surface area contributed by atoms with Gasteiger partial charge in [-0.05, 0) is 54.8 Å². The Labute approximate surface area is 183 Å². The quantitative estimate of drug-likeness (QED) is 0.439. The maximum atomic E-state index is 12.9. The summed E-state index contributed by atoms with van der Waals surface area (Å²) >= 11 is 0. The number of nitriles is 1. The van der Waals surface area contributed by atoms with E-state index in [0.29, 0.717) is 29.1 Å². The molecule has 3 aromatic heterocycles. The van der Waals surface area contributed by atoms with E-state index in [9.17, 15) is 9.59 Å². The lowest BCUT2D eigenvalue weighted by atomic mass is 10.0. The molecule has 4 aromatic rings. The number of pyridine rings is 1. The number of rotatable bonds is 7. The van der Waals surface area contributed by atoms with Crippen LogP contribution in [-0.2, 0) is 6.54 Å². The lowest BCUT2D eigenvalue weighted by Gasteiger charge is -2.06. The molecule has 0 saturated carbocycles. The zero-order valence-electron chi connectivity index (χ0n) is 17.4. The maximum absolute atomic E-state index is 12.9. The molecule has 9 nitrogen and oxygen atoms in total. The molecule has 0 aliphatic carbocycles. The summed E-state index contributed by atoms with van der Waals surface area (Å²) in [5.74, 6) is 0.153. The van der Waals surface area contributed by atoms with Gasteiger partial charge in [-0.15, -0.1) is 0 Å². The topological polar surface area (TPSA) is 121 Å². The molecule has 0 aliphatic heterocycles. The molecule has 0 radical (unpaired) electrons. The van der Waals surface area contributed by atoms with Gasteiger partial charge >= 0.3 is 0 Å². The van der Waals surface area contributed by atoms with Gasteiger partial charge in [0.25, 0.3) is 11.5 Å². The van der Waals surface area contributed by atoms with Crippen LogP contribution in [0.5, 0.6) is 0 Å². The van der Waals surface area contributed by atoms with Crippen LogP contribution in [0.3, 0.4) is 0 Å². The average Bonchev–Trinajstić information content (AvgIpc) is 3.46. The molecule has 0 saturated heterocycles. The molecule has 9 heteroatoms. The number of H-pyrrole nitrogens is 1. The SMILES string of the molecule is Cc1cc(C#N)ccc1-c1c[nH]n(-c2ccc(C(=O)NCCCn3cccn3)cn2)c1=O. The number of hydrogen-bond donors (Lipinski definition) is 2. The van der Waals surface area contributed by atoms with E-state index in [2.05, 4.69) is 26.6 Å². The Kier molecular flexibility index (Phi) is 5.94. The molecule has 160 valence electrons. The van der Waals surface area contributed by atoms with Crippen LogP contribution in [0.25, 0.3) is 16.9 Å². The first kappa shape index (κ1) is 20.8. The van der Waals surface area contributed by atoms with Gasteiger partial charge in [-0.3, -0.25) is 19.4 Å². The second-order valence-electron chi connectivity index (χ2n) is 7.25. The number of aromatic nitrogens is 5. The fourth-order valence-electron chi connectivity index (χ4n) is 3.40. The molecule has 0 fully saturated rings. The second kappa shape index (κ2) is 9.14. The first-order valence-electron chi connectivity index (χ1n) is 10.1. The number of nitrogens with zero attached hydrogens (tertiary/aromatic N) is 5. The molecule has 0 unspecified atom stereocenters. The Morgan fingerprint density at radius 3 is 2.81 bits per heavy atom. The highest BCUT2D eigenvalue weighted by Crippen LogP contribution is 2.21. The van der Waals surface area contributed by atoms with Crippen LogP contribution in [0, 0.1) is 18.3 Å². The van der Waals surface area contributed by atoms with E-state index in [0.717, 1.165) is 24.1 Å². The van der Waals surface area contributed by atoms with Crippen molar-refractivity contribution < 1.29 is 4.79 Å². The van der Waals surface area contributed by atoms with Crippen LogP contribution < -0.4 is 10.9 Å². The molecule has 0 atom stereocenters. The van der Waals surface area contributed by atoms with E-state index in [1.165, 1.54) is 10.9 Å². The van der Waals surface area contributed by atoms with Gasteiger partial charge in [0.1, 0.15) is 0 Å². The number of benzene rings is 1. The van der Waals surface area contributed by atoms with E-state index >= 15 is 0 Å². The summed E-state index contributed by atoms with van der Waals surface area (Å²) in [7, 11) is 0. The van der Waals surface area contributed by atoms with Crippen molar-refractivity contribution in [2.75, 3.05) is 6.54 Å². The van der Waals surface area contributed by atoms with Crippen molar-refractivity contribution in [3.63, 3.8) is 0 Å². The third-order valence-corrected chi connectivity index (χ3v) is 5.07. The first-order valence-corrected chi connectivity index (χ1v) is 10.1. The average molecular weight is 427 g/mol. The van der Waals surface area contributed by atoms with Gasteiger partial charge in [0.05, 0.1) is 22.8 Å². The van der Waals surface area contributed by atoms with Crippen LogP contribution in [0.4, 0.5) is 0 Å². The highest BCUT2D eigenvalue weighted by atomic mass is 16.1. The number of amides is 1. The monoisotopic (exact) mass is 427 g/mol. The number of aromatic amines is 1. The van der Waals surface area contributed by atoms with Crippen LogP contribution in [0.1, 0.15) is 27.9 Å². The Morgan fingerprint density at radius 2 is 2.12 bits per heavy atom. The van der Waals surface area contributed by atoms with E-state index < -0.39 is 0 Å². The van der Waals surface area contributed by atoms with Gasteiger partial charge in [0.15, 0.2) is 5.82 Å². The summed E-state index contributed by atoms with van der Waals surface area (Å²) in [5, 5.41) is 18.9. The molecule has 32 heavy (non-hydrogen) atoms. The van der Waals surface area contributed by atoms with Crippen molar-refractivity contribution in [1.29, 1.82) is 5.26 Å². The highest BCUT2D eigenvalue weighted by molar-refractivity contribution is 5.93. The summed E-state index contributed by atoms with van der Waals surface area (Å²) < 4.78 is 3.13. The molecular weight excluding hydrogens is 406 g/mol. The first-order chi connectivity index (χ1) is 15.6. The number of hydrogen-bond acceptors (Lipinski definition) is 5. The van der Waals surface area contributed by atoms with Gasteiger partial charge in [0.2, 0.25) is 0 Å². The highest BCUT2D eigenvalue weighted by Gasteiger charge is 2.14. The summed E-state index contributed by atoms with van der Waals surface area (Å²) in [6.07, 6.45) is 7.40. The lowest BCUT2D eigenvalue weighted by Crippen LogP contribution is -2.25. The number of nitrogens with one attached hydrogen (secondary N) is 2. The Balaban J connectivity index is 1.43. The summed E-state index contributed by atoms with van der Waals surface area (Å²) in [6, 6.07) is 12.4. The van der Waals surface area contributed by atoms with Gasteiger partial charge in [0, 0.05) is 37.9 Å². The summed E-state index contributed by atoms with van der Waals surface area (Å²) in [6.45, 7) is 3.10.